The van der Waals surface area contributed by atoms with Gasteiger partial charge in [0.25, 0.3) is 0 Å². The number of nitrogens with one attached hydrogen (secondary N) is 2. The SMILES string of the molecule is CC(C)c1ccc(NCCC2COCCN2)cc1. The second-order valence-corrected chi connectivity index (χ2v) is 5.22. The molecule has 1 aliphatic heterocycles. The van der Waals surface area contributed by atoms with Gasteiger partial charge in [0.2, 0.25) is 0 Å². The quantitative estimate of drug-likeness (QED) is 0.840. The fourth-order valence-corrected chi connectivity index (χ4v) is 2.18. The van der Waals surface area contributed by atoms with Crippen LogP contribution < -0.4 is 10.6 Å². The van der Waals surface area contributed by atoms with E-state index in [0.29, 0.717) is 12.0 Å². The molecule has 1 atom stereocenters. The molecule has 1 saturated heterocycles. The maximum Gasteiger partial charge on any atom is 0.0620 e. The van der Waals surface area contributed by atoms with E-state index in [1.165, 1.54) is 11.3 Å². The standard InChI is InChI=1S/C15H24N2O/c1-12(2)13-3-5-14(6-4-13)16-8-7-15-11-18-10-9-17-15/h3-6,12,15-17H,7-11H2,1-2H3. The summed E-state index contributed by atoms with van der Waals surface area (Å²) in [5.74, 6) is 0.600. The van der Waals surface area contributed by atoms with Gasteiger partial charge in [-0.25, -0.2) is 0 Å². The highest BCUT2D eigenvalue weighted by Crippen LogP contribution is 2.17. The number of morpholine rings is 1. The fourth-order valence-electron chi connectivity index (χ4n) is 2.18. The Kier molecular flexibility index (Phi) is 5.02. The Hall–Kier alpha value is -1.06. The molecule has 2 N–H and O–H groups in total. The zero-order chi connectivity index (χ0) is 12.8. The van der Waals surface area contributed by atoms with Crippen LogP contribution in [0, 0.1) is 0 Å². The monoisotopic (exact) mass is 248 g/mol. The van der Waals surface area contributed by atoms with E-state index in [1.807, 2.05) is 0 Å². The highest BCUT2D eigenvalue weighted by Gasteiger charge is 2.11. The van der Waals surface area contributed by atoms with Crippen LogP contribution in [0.3, 0.4) is 0 Å². The predicted molar refractivity (Wildman–Crippen MR) is 76.2 cm³/mol. The van der Waals surface area contributed by atoms with Gasteiger partial charge < -0.3 is 15.4 Å². The first-order chi connectivity index (χ1) is 8.75. The summed E-state index contributed by atoms with van der Waals surface area (Å²) >= 11 is 0. The molecule has 0 aromatic heterocycles. The van der Waals surface area contributed by atoms with E-state index in [0.717, 1.165) is 32.7 Å². The molecule has 2 rings (SSSR count). The lowest BCUT2D eigenvalue weighted by Gasteiger charge is -2.23. The maximum atomic E-state index is 5.44. The molecule has 1 fully saturated rings. The summed E-state index contributed by atoms with van der Waals surface area (Å²) in [6, 6.07) is 9.24. The number of ether oxygens (including phenoxy) is 1. The highest BCUT2D eigenvalue weighted by molar-refractivity contribution is 5.45. The van der Waals surface area contributed by atoms with Gasteiger partial charge in [-0.1, -0.05) is 26.0 Å². The predicted octanol–water partition coefficient (Wildman–Crippen LogP) is 2.60. The number of rotatable bonds is 5. The van der Waals surface area contributed by atoms with Gasteiger partial charge in [0.1, 0.15) is 0 Å². The number of hydrogen-bond acceptors (Lipinski definition) is 3. The molecular weight excluding hydrogens is 224 g/mol. The van der Waals surface area contributed by atoms with Crippen LogP contribution in [0.2, 0.25) is 0 Å². The van der Waals surface area contributed by atoms with Crippen molar-refractivity contribution in [2.75, 3.05) is 31.6 Å². The average Bonchev–Trinajstić information content (AvgIpc) is 2.40. The molecule has 1 heterocycles. The fraction of sp³-hybridized carbons (Fsp3) is 0.600. The van der Waals surface area contributed by atoms with Crippen LogP contribution in [0.5, 0.6) is 0 Å². The number of benzene rings is 1. The lowest BCUT2D eigenvalue weighted by Crippen LogP contribution is -2.42. The number of anilines is 1. The summed E-state index contributed by atoms with van der Waals surface area (Å²) < 4.78 is 5.44. The summed E-state index contributed by atoms with van der Waals surface area (Å²) in [5, 5.41) is 6.93. The molecular formula is C15H24N2O. The van der Waals surface area contributed by atoms with E-state index in [4.69, 9.17) is 4.74 Å². The van der Waals surface area contributed by atoms with Crippen molar-refractivity contribution >= 4 is 5.69 Å². The molecule has 0 saturated carbocycles. The molecule has 1 aromatic rings. The van der Waals surface area contributed by atoms with Gasteiger partial charge in [-0.3, -0.25) is 0 Å². The zero-order valence-corrected chi connectivity index (χ0v) is 11.4. The smallest absolute Gasteiger partial charge is 0.0620 e. The van der Waals surface area contributed by atoms with Crippen molar-refractivity contribution in [1.82, 2.24) is 5.32 Å². The van der Waals surface area contributed by atoms with Gasteiger partial charge in [0.05, 0.1) is 13.2 Å². The Bertz CT molecular complexity index is 342. The Labute approximate surface area is 110 Å². The van der Waals surface area contributed by atoms with E-state index in [-0.39, 0.29) is 0 Å². The number of hydrogen-bond donors (Lipinski definition) is 2. The molecule has 1 aliphatic rings. The minimum atomic E-state index is 0.501. The Morgan fingerprint density at radius 1 is 1.33 bits per heavy atom. The van der Waals surface area contributed by atoms with Crippen LogP contribution in [0.4, 0.5) is 5.69 Å². The van der Waals surface area contributed by atoms with Crippen molar-refractivity contribution in [3.63, 3.8) is 0 Å². The van der Waals surface area contributed by atoms with Crippen molar-refractivity contribution in [2.45, 2.75) is 32.2 Å². The highest BCUT2D eigenvalue weighted by atomic mass is 16.5. The molecule has 0 radical (unpaired) electrons. The van der Waals surface area contributed by atoms with Crippen molar-refractivity contribution in [1.29, 1.82) is 0 Å². The zero-order valence-electron chi connectivity index (χ0n) is 11.4. The molecule has 18 heavy (non-hydrogen) atoms. The van der Waals surface area contributed by atoms with Crippen LogP contribution in [0.1, 0.15) is 31.7 Å². The second kappa shape index (κ2) is 6.76. The summed E-state index contributed by atoms with van der Waals surface area (Å²) in [4.78, 5) is 0. The van der Waals surface area contributed by atoms with Crippen LogP contribution in [0.15, 0.2) is 24.3 Å². The normalized spacial score (nSPS) is 20.1. The Morgan fingerprint density at radius 3 is 2.72 bits per heavy atom. The molecule has 0 bridgehead atoms. The van der Waals surface area contributed by atoms with Gasteiger partial charge >= 0.3 is 0 Å². The summed E-state index contributed by atoms with van der Waals surface area (Å²) in [5.41, 5.74) is 2.60. The summed E-state index contributed by atoms with van der Waals surface area (Å²) in [6.45, 7) is 8.10. The van der Waals surface area contributed by atoms with Crippen LogP contribution in [0.25, 0.3) is 0 Å². The third kappa shape index (κ3) is 4.00. The minimum Gasteiger partial charge on any atom is -0.385 e. The average molecular weight is 248 g/mol. The molecule has 100 valence electrons. The van der Waals surface area contributed by atoms with Crippen LogP contribution in [-0.4, -0.2) is 32.3 Å². The van der Waals surface area contributed by atoms with Gasteiger partial charge in [-0.05, 0) is 30.0 Å². The lowest BCUT2D eigenvalue weighted by molar-refractivity contribution is 0.0753. The second-order valence-electron chi connectivity index (χ2n) is 5.22. The molecule has 3 nitrogen and oxygen atoms in total. The van der Waals surface area contributed by atoms with Crippen molar-refractivity contribution < 1.29 is 4.74 Å². The van der Waals surface area contributed by atoms with Gasteiger partial charge in [-0.15, -0.1) is 0 Å². The topological polar surface area (TPSA) is 33.3 Å². The molecule has 0 amide bonds. The van der Waals surface area contributed by atoms with Gasteiger partial charge in [0, 0.05) is 24.8 Å². The summed E-state index contributed by atoms with van der Waals surface area (Å²) in [6.07, 6.45) is 1.10. The van der Waals surface area contributed by atoms with Crippen molar-refractivity contribution in [3.05, 3.63) is 29.8 Å². The Morgan fingerprint density at radius 2 is 2.11 bits per heavy atom. The molecule has 0 spiro atoms. The first kappa shape index (κ1) is 13.4. The lowest BCUT2D eigenvalue weighted by atomic mass is 10.0. The third-order valence-electron chi connectivity index (χ3n) is 3.40. The largest absolute Gasteiger partial charge is 0.385 e. The first-order valence-electron chi connectivity index (χ1n) is 6.90. The van der Waals surface area contributed by atoms with Crippen molar-refractivity contribution in [3.8, 4) is 0 Å². The van der Waals surface area contributed by atoms with E-state index in [9.17, 15) is 0 Å². The molecule has 3 heteroatoms. The molecule has 1 aromatic carbocycles. The van der Waals surface area contributed by atoms with E-state index in [1.54, 1.807) is 0 Å². The minimum absolute atomic E-state index is 0.501. The van der Waals surface area contributed by atoms with Gasteiger partial charge in [-0.2, -0.15) is 0 Å². The van der Waals surface area contributed by atoms with Crippen LogP contribution >= 0.6 is 0 Å². The molecule has 0 aliphatic carbocycles. The summed E-state index contributed by atoms with van der Waals surface area (Å²) in [7, 11) is 0. The maximum absolute atomic E-state index is 5.44. The van der Waals surface area contributed by atoms with E-state index < -0.39 is 0 Å². The van der Waals surface area contributed by atoms with Crippen LogP contribution in [-0.2, 0) is 4.74 Å². The van der Waals surface area contributed by atoms with E-state index in [2.05, 4.69) is 48.7 Å². The first-order valence-corrected chi connectivity index (χ1v) is 6.90. The van der Waals surface area contributed by atoms with E-state index >= 15 is 0 Å². The Balaban J connectivity index is 1.72. The van der Waals surface area contributed by atoms with Gasteiger partial charge in [0.15, 0.2) is 0 Å². The third-order valence-corrected chi connectivity index (χ3v) is 3.40. The van der Waals surface area contributed by atoms with Crippen molar-refractivity contribution in [2.24, 2.45) is 0 Å². The molecule has 1 unspecified atom stereocenters.